The highest BCUT2D eigenvalue weighted by molar-refractivity contribution is 4.72. The monoisotopic (exact) mass is 186 g/mol. The molecule has 1 saturated carbocycles. The number of hydrogen-bond donors (Lipinski definition) is 1. The van der Waals surface area contributed by atoms with Crippen LogP contribution in [0.5, 0.6) is 0 Å². The second-order valence-corrected chi connectivity index (χ2v) is 4.35. The fourth-order valence-corrected chi connectivity index (χ4v) is 1.95. The summed E-state index contributed by atoms with van der Waals surface area (Å²) >= 11 is 0. The summed E-state index contributed by atoms with van der Waals surface area (Å²) in [6, 6.07) is 0. The van der Waals surface area contributed by atoms with E-state index < -0.39 is 0 Å². The maximum absolute atomic E-state index is 9.80. The van der Waals surface area contributed by atoms with Gasteiger partial charge in [-0.1, -0.05) is 19.3 Å². The molecule has 0 spiro atoms. The van der Waals surface area contributed by atoms with Crippen LogP contribution in [-0.2, 0) is 4.74 Å². The van der Waals surface area contributed by atoms with Crippen LogP contribution in [0.2, 0.25) is 0 Å². The van der Waals surface area contributed by atoms with Gasteiger partial charge in [-0.15, -0.1) is 0 Å². The molecule has 0 bridgehead atoms. The normalized spacial score (nSPS) is 22.2. The highest BCUT2D eigenvalue weighted by atomic mass is 16.5. The fraction of sp³-hybridized carbons (Fsp3) is 1.00. The second-order valence-electron chi connectivity index (χ2n) is 4.35. The number of rotatable bonds is 4. The first-order chi connectivity index (χ1) is 6.20. The molecule has 13 heavy (non-hydrogen) atoms. The van der Waals surface area contributed by atoms with Gasteiger partial charge >= 0.3 is 0 Å². The van der Waals surface area contributed by atoms with E-state index in [-0.39, 0.29) is 12.2 Å². The zero-order valence-corrected chi connectivity index (χ0v) is 8.83. The van der Waals surface area contributed by atoms with Crippen molar-refractivity contribution in [2.24, 2.45) is 5.92 Å². The lowest BCUT2D eigenvalue weighted by molar-refractivity contribution is -0.0266. The molecule has 1 N–H and O–H groups in total. The standard InChI is InChI=1S/C11H22O2/c1-9(2)13-8-11(12)10-6-4-3-5-7-10/h9-12H,3-8H2,1-2H3. The van der Waals surface area contributed by atoms with Gasteiger partial charge in [0.1, 0.15) is 0 Å². The molecule has 1 aliphatic carbocycles. The molecule has 1 fully saturated rings. The van der Waals surface area contributed by atoms with Gasteiger partial charge in [0.05, 0.1) is 18.8 Å². The number of hydrogen-bond acceptors (Lipinski definition) is 2. The van der Waals surface area contributed by atoms with Crippen molar-refractivity contribution in [2.75, 3.05) is 6.61 Å². The van der Waals surface area contributed by atoms with Crippen LogP contribution in [0.1, 0.15) is 46.0 Å². The molecular formula is C11H22O2. The van der Waals surface area contributed by atoms with Crippen LogP contribution < -0.4 is 0 Å². The van der Waals surface area contributed by atoms with E-state index in [9.17, 15) is 5.11 Å². The van der Waals surface area contributed by atoms with E-state index in [2.05, 4.69) is 0 Å². The van der Waals surface area contributed by atoms with Crippen molar-refractivity contribution in [1.29, 1.82) is 0 Å². The lowest BCUT2D eigenvalue weighted by Gasteiger charge is -2.26. The van der Waals surface area contributed by atoms with Gasteiger partial charge < -0.3 is 9.84 Å². The minimum atomic E-state index is -0.234. The van der Waals surface area contributed by atoms with E-state index in [1.54, 1.807) is 0 Å². The van der Waals surface area contributed by atoms with Gasteiger partial charge in [0.25, 0.3) is 0 Å². The predicted molar refractivity (Wildman–Crippen MR) is 53.7 cm³/mol. The Hall–Kier alpha value is -0.0800. The molecule has 0 saturated heterocycles. The van der Waals surface area contributed by atoms with Gasteiger partial charge in [-0.05, 0) is 32.6 Å². The molecule has 0 amide bonds. The van der Waals surface area contributed by atoms with E-state index in [0.29, 0.717) is 12.5 Å². The molecule has 1 atom stereocenters. The average molecular weight is 186 g/mol. The third-order valence-electron chi connectivity index (χ3n) is 2.79. The molecule has 0 radical (unpaired) electrons. The smallest absolute Gasteiger partial charge is 0.0801 e. The van der Waals surface area contributed by atoms with Crippen molar-refractivity contribution >= 4 is 0 Å². The number of ether oxygens (including phenoxy) is 1. The van der Waals surface area contributed by atoms with Crippen molar-refractivity contribution in [3.05, 3.63) is 0 Å². The Kier molecular flexibility index (Phi) is 4.74. The van der Waals surface area contributed by atoms with Gasteiger partial charge in [0.15, 0.2) is 0 Å². The Labute approximate surface area is 81.3 Å². The fourth-order valence-electron chi connectivity index (χ4n) is 1.95. The molecule has 0 aromatic heterocycles. The molecule has 1 aliphatic rings. The van der Waals surface area contributed by atoms with Crippen LogP contribution in [0.15, 0.2) is 0 Å². The van der Waals surface area contributed by atoms with Gasteiger partial charge in [-0.25, -0.2) is 0 Å². The van der Waals surface area contributed by atoms with E-state index >= 15 is 0 Å². The molecule has 0 aliphatic heterocycles. The van der Waals surface area contributed by atoms with Gasteiger partial charge in [0, 0.05) is 0 Å². The molecule has 78 valence electrons. The minimum Gasteiger partial charge on any atom is -0.390 e. The van der Waals surface area contributed by atoms with Crippen LogP contribution >= 0.6 is 0 Å². The molecule has 1 rings (SSSR count). The zero-order chi connectivity index (χ0) is 9.68. The first kappa shape index (κ1) is 11.0. The number of aliphatic hydroxyl groups excluding tert-OH is 1. The average Bonchev–Trinajstić information content (AvgIpc) is 2.15. The largest absolute Gasteiger partial charge is 0.390 e. The van der Waals surface area contributed by atoms with Crippen LogP contribution in [0.4, 0.5) is 0 Å². The summed E-state index contributed by atoms with van der Waals surface area (Å²) in [7, 11) is 0. The Morgan fingerprint density at radius 1 is 1.23 bits per heavy atom. The summed E-state index contributed by atoms with van der Waals surface area (Å²) in [6.07, 6.45) is 6.27. The maximum atomic E-state index is 9.80. The van der Waals surface area contributed by atoms with Crippen LogP contribution in [0.3, 0.4) is 0 Å². The predicted octanol–water partition coefficient (Wildman–Crippen LogP) is 2.35. The third kappa shape index (κ3) is 4.10. The van der Waals surface area contributed by atoms with Crippen molar-refractivity contribution in [3.8, 4) is 0 Å². The second kappa shape index (κ2) is 5.61. The van der Waals surface area contributed by atoms with Crippen molar-refractivity contribution in [3.63, 3.8) is 0 Å². The van der Waals surface area contributed by atoms with E-state index in [0.717, 1.165) is 0 Å². The molecule has 2 heteroatoms. The maximum Gasteiger partial charge on any atom is 0.0801 e. The molecule has 2 nitrogen and oxygen atoms in total. The van der Waals surface area contributed by atoms with Gasteiger partial charge in [-0.2, -0.15) is 0 Å². The van der Waals surface area contributed by atoms with E-state index in [1.807, 2.05) is 13.8 Å². The summed E-state index contributed by atoms with van der Waals surface area (Å²) in [4.78, 5) is 0. The first-order valence-electron chi connectivity index (χ1n) is 5.50. The van der Waals surface area contributed by atoms with E-state index in [4.69, 9.17) is 4.74 Å². The van der Waals surface area contributed by atoms with Crippen molar-refractivity contribution in [1.82, 2.24) is 0 Å². The van der Waals surface area contributed by atoms with Crippen molar-refractivity contribution in [2.45, 2.75) is 58.2 Å². The summed E-state index contributed by atoms with van der Waals surface area (Å²) in [5.74, 6) is 0.493. The minimum absolute atomic E-state index is 0.234. The summed E-state index contributed by atoms with van der Waals surface area (Å²) in [6.45, 7) is 4.53. The lowest BCUT2D eigenvalue weighted by Crippen LogP contribution is -2.28. The SMILES string of the molecule is CC(C)OCC(O)C1CCCCC1. The Balaban J connectivity index is 2.17. The van der Waals surface area contributed by atoms with E-state index in [1.165, 1.54) is 32.1 Å². The Morgan fingerprint density at radius 3 is 2.38 bits per heavy atom. The van der Waals surface area contributed by atoms with Crippen LogP contribution in [0, 0.1) is 5.92 Å². The van der Waals surface area contributed by atoms with Gasteiger partial charge in [-0.3, -0.25) is 0 Å². The zero-order valence-electron chi connectivity index (χ0n) is 8.83. The highest BCUT2D eigenvalue weighted by Gasteiger charge is 2.21. The number of aliphatic hydroxyl groups is 1. The highest BCUT2D eigenvalue weighted by Crippen LogP contribution is 2.26. The lowest BCUT2D eigenvalue weighted by atomic mass is 9.85. The van der Waals surface area contributed by atoms with Gasteiger partial charge in [0.2, 0.25) is 0 Å². The molecule has 0 aromatic rings. The Bertz CT molecular complexity index is 128. The molecular weight excluding hydrogens is 164 g/mol. The first-order valence-corrected chi connectivity index (χ1v) is 5.50. The third-order valence-corrected chi connectivity index (χ3v) is 2.79. The quantitative estimate of drug-likeness (QED) is 0.730. The Morgan fingerprint density at radius 2 is 1.85 bits per heavy atom. The molecule has 1 unspecified atom stereocenters. The summed E-state index contributed by atoms with van der Waals surface area (Å²) in [5.41, 5.74) is 0. The van der Waals surface area contributed by atoms with Crippen molar-refractivity contribution < 1.29 is 9.84 Å². The van der Waals surface area contributed by atoms with Crippen LogP contribution in [-0.4, -0.2) is 23.9 Å². The summed E-state index contributed by atoms with van der Waals surface area (Å²) in [5, 5.41) is 9.80. The topological polar surface area (TPSA) is 29.5 Å². The van der Waals surface area contributed by atoms with Crippen LogP contribution in [0.25, 0.3) is 0 Å². The molecule has 0 heterocycles. The molecule has 0 aromatic carbocycles. The summed E-state index contributed by atoms with van der Waals surface area (Å²) < 4.78 is 5.41.